The molecular formula is C13H17NO2. The van der Waals surface area contributed by atoms with E-state index in [1.54, 1.807) is 0 Å². The van der Waals surface area contributed by atoms with Gasteiger partial charge < -0.3 is 10.8 Å². The van der Waals surface area contributed by atoms with Crippen LogP contribution in [0.25, 0.3) is 0 Å². The summed E-state index contributed by atoms with van der Waals surface area (Å²) in [5, 5.41) is 9.09. The molecule has 1 saturated carbocycles. The fourth-order valence-corrected chi connectivity index (χ4v) is 2.34. The molecule has 3 heteroatoms. The Morgan fingerprint density at radius 2 is 2.12 bits per heavy atom. The van der Waals surface area contributed by atoms with Crippen LogP contribution in [-0.4, -0.2) is 17.6 Å². The van der Waals surface area contributed by atoms with Crippen molar-refractivity contribution in [2.24, 2.45) is 17.1 Å². The van der Waals surface area contributed by atoms with E-state index in [4.69, 9.17) is 10.8 Å². The van der Waals surface area contributed by atoms with Gasteiger partial charge in [0.2, 0.25) is 0 Å². The van der Waals surface area contributed by atoms with E-state index < -0.39 is 11.4 Å². The summed E-state index contributed by atoms with van der Waals surface area (Å²) in [5.74, 6) is -0.469. The predicted molar refractivity (Wildman–Crippen MR) is 62.0 cm³/mol. The van der Waals surface area contributed by atoms with Gasteiger partial charge in [-0.05, 0) is 30.7 Å². The zero-order chi connectivity index (χ0) is 11.6. The first kappa shape index (κ1) is 11.1. The molecule has 0 heterocycles. The van der Waals surface area contributed by atoms with Crippen LogP contribution >= 0.6 is 0 Å². The summed E-state index contributed by atoms with van der Waals surface area (Å²) in [4.78, 5) is 11.1. The SMILES string of the molecule is NCC1(C(=O)O)CC1CCc1ccccc1. The van der Waals surface area contributed by atoms with Crippen LogP contribution in [0.15, 0.2) is 30.3 Å². The molecule has 0 aliphatic heterocycles. The van der Waals surface area contributed by atoms with Crippen LogP contribution in [0.5, 0.6) is 0 Å². The van der Waals surface area contributed by atoms with Gasteiger partial charge in [-0.2, -0.15) is 0 Å². The van der Waals surface area contributed by atoms with Crippen LogP contribution in [-0.2, 0) is 11.2 Å². The van der Waals surface area contributed by atoms with Crippen molar-refractivity contribution in [3.05, 3.63) is 35.9 Å². The van der Waals surface area contributed by atoms with Crippen molar-refractivity contribution in [1.82, 2.24) is 0 Å². The molecule has 86 valence electrons. The second kappa shape index (κ2) is 4.26. The monoisotopic (exact) mass is 219 g/mol. The van der Waals surface area contributed by atoms with Crippen LogP contribution in [0.1, 0.15) is 18.4 Å². The van der Waals surface area contributed by atoms with E-state index in [1.807, 2.05) is 18.2 Å². The maximum Gasteiger partial charge on any atom is 0.311 e. The van der Waals surface area contributed by atoms with Crippen molar-refractivity contribution in [2.45, 2.75) is 19.3 Å². The zero-order valence-corrected chi connectivity index (χ0v) is 9.23. The Balaban J connectivity index is 1.88. The molecule has 2 unspecified atom stereocenters. The van der Waals surface area contributed by atoms with Crippen molar-refractivity contribution >= 4 is 5.97 Å². The van der Waals surface area contributed by atoms with Crippen molar-refractivity contribution in [3.63, 3.8) is 0 Å². The van der Waals surface area contributed by atoms with Crippen molar-refractivity contribution in [1.29, 1.82) is 0 Å². The second-order valence-corrected chi connectivity index (χ2v) is 4.59. The molecule has 1 aromatic rings. The largest absolute Gasteiger partial charge is 0.481 e. The molecular weight excluding hydrogens is 202 g/mol. The number of nitrogens with two attached hydrogens (primary N) is 1. The first-order chi connectivity index (χ1) is 7.69. The smallest absolute Gasteiger partial charge is 0.311 e. The Morgan fingerprint density at radius 3 is 2.62 bits per heavy atom. The van der Waals surface area contributed by atoms with Crippen molar-refractivity contribution in [2.75, 3.05) is 6.54 Å². The number of hydrogen-bond acceptors (Lipinski definition) is 2. The standard InChI is InChI=1S/C13H17NO2/c14-9-13(12(15)16)8-11(13)7-6-10-4-2-1-3-5-10/h1-5,11H,6-9,14H2,(H,15,16). The highest BCUT2D eigenvalue weighted by molar-refractivity contribution is 5.79. The maximum atomic E-state index is 11.1. The number of rotatable bonds is 5. The lowest BCUT2D eigenvalue weighted by Gasteiger charge is -2.08. The number of carboxylic acid groups (broad SMARTS) is 1. The van der Waals surface area contributed by atoms with Crippen molar-refractivity contribution in [3.8, 4) is 0 Å². The lowest BCUT2D eigenvalue weighted by molar-refractivity contribution is -0.143. The van der Waals surface area contributed by atoms with Crippen LogP contribution in [0.3, 0.4) is 0 Å². The summed E-state index contributed by atoms with van der Waals surface area (Å²) in [6, 6.07) is 10.2. The minimum absolute atomic E-state index is 0.259. The summed E-state index contributed by atoms with van der Waals surface area (Å²) >= 11 is 0. The predicted octanol–water partition coefficient (Wildman–Crippen LogP) is 1.67. The third-order valence-electron chi connectivity index (χ3n) is 3.65. The zero-order valence-electron chi connectivity index (χ0n) is 9.23. The average molecular weight is 219 g/mol. The summed E-state index contributed by atoms with van der Waals surface area (Å²) in [6.45, 7) is 0.266. The molecule has 1 aliphatic carbocycles. The first-order valence-electron chi connectivity index (χ1n) is 5.66. The summed E-state index contributed by atoms with van der Waals surface area (Å²) in [7, 11) is 0. The van der Waals surface area contributed by atoms with E-state index in [9.17, 15) is 4.79 Å². The van der Waals surface area contributed by atoms with Gasteiger partial charge in [0.1, 0.15) is 0 Å². The Hall–Kier alpha value is -1.35. The van der Waals surface area contributed by atoms with Gasteiger partial charge in [-0.15, -0.1) is 0 Å². The summed E-state index contributed by atoms with van der Waals surface area (Å²) in [6.07, 6.45) is 2.61. The van der Waals surface area contributed by atoms with E-state index in [-0.39, 0.29) is 12.5 Å². The van der Waals surface area contributed by atoms with Crippen molar-refractivity contribution < 1.29 is 9.90 Å². The lowest BCUT2D eigenvalue weighted by Crippen LogP contribution is -2.27. The number of aryl methyl sites for hydroxylation is 1. The Labute approximate surface area is 95.3 Å². The molecule has 1 aromatic carbocycles. The summed E-state index contributed by atoms with van der Waals surface area (Å²) in [5.41, 5.74) is 6.20. The fraction of sp³-hybridized carbons (Fsp3) is 0.462. The van der Waals surface area contributed by atoms with Gasteiger partial charge in [0.25, 0.3) is 0 Å². The molecule has 2 atom stereocenters. The van der Waals surface area contributed by atoms with Gasteiger partial charge in [-0.25, -0.2) is 0 Å². The highest BCUT2D eigenvalue weighted by atomic mass is 16.4. The van der Waals surface area contributed by atoms with E-state index in [2.05, 4.69) is 12.1 Å². The molecule has 1 aliphatic rings. The molecule has 16 heavy (non-hydrogen) atoms. The molecule has 3 nitrogen and oxygen atoms in total. The molecule has 0 spiro atoms. The average Bonchev–Trinajstić information content (AvgIpc) is 3.03. The van der Waals surface area contributed by atoms with Crippen LogP contribution in [0, 0.1) is 11.3 Å². The second-order valence-electron chi connectivity index (χ2n) is 4.59. The highest BCUT2D eigenvalue weighted by Crippen LogP contribution is 2.54. The third kappa shape index (κ3) is 1.95. The van der Waals surface area contributed by atoms with Gasteiger partial charge >= 0.3 is 5.97 Å². The number of carbonyl (C=O) groups is 1. The minimum Gasteiger partial charge on any atom is -0.481 e. The molecule has 1 fully saturated rings. The maximum absolute atomic E-state index is 11.1. The van der Waals surface area contributed by atoms with Gasteiger partial charge in [-0.3, -0.25) is 4.79 Å². The lowest BCUT2D eigenvalue weighted by atomic mass is 9.99. The molecule has 2 rings (SSSR count). The van der Waals surface area contributed by atoms with Gasteiger partial charge in [-0.1, -0.05) is 30.3 Å². The molecule has 0 amide bonds. The van der Waals surface area contributed by atoms with Gasteiger partial charge in [0, 0.05) is 6.54 Å². The van der Waals surface area contributed by atoms with E-state index >= 15 is 0 Å². The third-order valence-corrected chi connectivity index (χ3v) is 3.65. The van der Waals surface area contributed by atoms with E-state index in [0.717, 1.165) is 19.3 Å². The number of carboxylic acids is 1. The van der Waals surface area contributed by atoms with Gasteiger partial charge in [0.15, 0.2) is 0 Å². The molecule has 3 N–H and O–H groups in total. The summed E-state index contributed by atoms with van der Waals surface area (Å²) < 4.78 is 0. The van der Waals surface area contributed by atoms with E-state index in [0.29, 0.717) is 0 Å². The topological polar surface area (TPSA) is 63.3 Å². The minimum atomic E-state index is -0.729. The molecule has 0 bridgehead atoms. The Kier molecular flexibility index (Phi) is 2.97. The van der Waals surface area contributed by atoms with Crippen LogP contribution < -0.4 is 5.73 Å². The quantitative estimate of drug-likeness (QED) is 0.791. The van der Waals surface area contributed by atoms with Crippen LogP contribution in [0.2, 0.25) is 0 Å². The molecule has 0 saturated heterocycles. The normalized spacial score (nSPS) is 27.7. The number of benzene rings is 1. The Morgan fingerprint density at radius 1 is 1.44 bits per heavy atom. The van der Waals surface area contributed by atoms with Gasteiger partial charge in [0.05, 0.1) is 5.41 Å². The van der Waals surface area contributed by atoms with E-state index in [1.165, 1.54) is 5.56 Å². The van der Waals surface area contributed by atoms with Crippen LogP contribution in [0.4, 0.5) is 0 Å². The number of aliphatic carboxylic acids is 1. The fourth-order valence-electron chi connectivity index (χ4n) is 2.34. The first-order valence-corrected chi connectivity index (χ1v) is 5.66. The molecule has 0 radical (unpaired) electrons. The Bertz CT molecular complexity index is 377. The highest BCUT2D eigenvalue weighted by Gasteiger charge is 2.58. The molecule has 0 aromatic heterocycles. The number of hydrogen-bond donors (Lipinski definition) is 2.